The maximum atomic E-state index is 12.2. The molecule has 5 heteroatoms. The van der Waals surface area contributed by atoms with E-state index in [1.165, 1.54) is 0 Å². The molecule has 0 heterocycles. The summed E-state index contributed by atoms with van der Waals surface area (Å²) in [5.41, 5.74) is 7.77. The molecule has 0 saturated carbocycles. The van der Waals surface area contributed by atoms with Gasteiger partial charge in [-0.3, -0.25) is 9.00 Å². The fraction of sp³-hybridized carbons (Fsp3) is 0.188. The first kappa shape index (κ1) is 15.3. The molecule has 0 aliphatic heterocycles. The molecule has 0 aromatic heterocycles. The SMILES string of the molecule is CC(C(=O)Nc1ccccc1N)S(=O)Cc1ccccc1. The molecule has 21 heavy (non-hydrogen) atoms. The minimum absolute atomic E-state index is 0.290. The summed E-state index contributed by atoms with van der Waals surface area (Å²) in [6.07, 6.45) is 0. The van der Waals surface area contributed by atoms with Crippen LogP contribution in [0, 0.1) is 0 Å². The van der Waals surface area contributed by atoms with Gasteiger partial charge in [0.2, 0.25) is 5.91 Å². The van der Waals surface area contributed by atoms with Crippen LogP contribution in [-0.4, -0.2) is 15.4 Å². The lowest BCUT2D eigenvalue weighted by atomic mass is 10.2. The van der Waals surface area contributed by atoms with Gasteiger partial charge in [0.05, 0.1) is 11.4 Å². The summed E-state index contributed by atoms with van der Waals surface area (Å²) in [6, 6.07) is 16.5. The van der Waals surface area contributed by atoms with Crippen molar-refractivity contribution in [1.29, 1.82) is 0 Å². The van der Waals surface area contributed by atoms with Gasteiger partial charge in [0.15, 0.2) is 0 Å². The molecule has 0 aliphatic carbocycles. The van der Waals surface area contributed by atoms with Crippen LogP contribution >= 0.6 is 0 Å². The average Bonchev–Trinajstić information content (AvgIpc) is 2.49. The Labute approximate surface area is 126 Å². The van der Waals surface area contributed by atoms with Gasteiger partial charge >= 0.3 is 0 Å². The number of rotatable bonds is 5. The van der Waals surface area contributed by atoms with Crippen LogP contribution in [0.25, 0.3) is 0 Å². The number of hydrogen-bond donors (Lipinski definition) is 2. The van der Waals surface area contributed by atoms with E-state index in [1.54, 1.807) is 31.2 Å². The van der Waals surface area contributed by atoms with E-state index in [0.29, 0.717) is 17.1 Å². The zero-order valence-corrected chi connectivity index (χ0v) is 12.6. The molecule has 4 nitrogen and oxygen atoms in total. The molecule has 3 N–H and O–H groups in total. The second kappa shape index (κ2) is 7.04. The van der Waals surface area contributed by atoms with Gasteiger partial charge in [0, 0.05) is 16.6 Å². The van der Waals surface area contributed by atoms with Crippen molar-refractivity contribution in [2.45, 2.75) is 17.9 Å². The molecule has 1 amide bonds. The number of carbonyl (C=O) groups excluding carboxylic acids is 1. The maximum absolute atomic E-state index is 12.2. The van der Waals surface area contributed by atoms with Crippen LogP contribution in [0.3, 0.4) is 0 Å². The van der Waals surface area contributed by atoms with E-state index in [9.17, 15) is 9.00 Å². The predicted octanol–water partition coefficient (Wildman–Crippen LogP) is 2.54. The Morgan fingerprint density at radius 1 is 1.14 bits per heavy atom. The molecule has 2 atom stereocenters. The molecule has 0 aliphatic rings. The Bertz CT molecular complexity index is 644. The standard InChI is InChI=1S/C16H18N2O2S/c1-12(21(20)11-13-7-3-2-4-8-13)16(19)18-15-10-6-5-9-14(15)17/h2-10,12H,11,17H2,1H3,(H,18,19). The minimum Gasteiger partial charge on any atom is -0.397 e. The fourth-order valence-corrected chi connectivity index (χ4v) is 2.90. The highest BCUT2D eigenvalue weighted by molar-refractivity contribution is 7.85. The van der Waals surface area contributed by atoms with E-state index in [0.717, 1.165) is 5.56 Å². The Kier molecular flexibility index (Phi) is 5.11. The summed E-state index contributed by atoms with van der Waals surface area (Å²) in [6.45, 7) is 1.66. The number of amides is 1. The summed E-state index contributed by atoms with van der Waals surface area (Å²) in [4.78, 5) is 12.1. The van der Waals surface area contributed by atoms with Crippen molar-refractivity contribution >= 4 is 28.1 Å². The van der Waals surface area contributed by atoms with Gasteiger partial charge in [-0.15, -0.1) is 0 Å². The zero-order chi connectivity index (χ0) is 15.2. The second-order valence-electron chi connectivity index (χ2n) is 4.73. The molecule has 0 saturated heterocycles. The van der Waals surface area contributed by atoms with Crippen LogP contribution in [0.2, 0.25) is 0 Å². The Morgan fingerprint density at radius 2 is 1.76 bits per heavy atom. The van der Waals surface area contributed by atoms with Crippen molar-refractivity contribution in [3.05, 3.63) is 60.2 Å². The molecular weight excluding hydrogens is 284 g/mol. The first-order valence-electron chi connectivity index (χ1n) is 6.64. The highest BCUT2D eigenvalue weighted by Crippen LogP contribution is 2.18. The van der Waals surface area contributed by atoms with Gasteiger partial charge in [-0.1, -0.05) is 42.5 Å². The van der Waals surface area contributed by atoms with Gasteiger partial charge < -0.3 is 11.1 Å². The smallest absolute Gasteiger partial charge is 0.239 e. The summed E-state index contributed by atoms with van der Waals surface area (Å²) in [5.74, 6) is 0.0711. The van der Waals surface area contributed by atoms with Crippen LogP contribution in [0.4, 0.5) is 11.4 Å². The highest BCUT2D eigenvalue weighted by Gasteiger charge is 2.20. The lowest BCUT2D eigenvalue weighted by Crippen LogP contribution is -2.30. The average molecular weight is 302 g/mol. The second-order valence-corrected chi connectivity index (χ2v) is 6.49. The van der Waals surface area contributed by atoms with Crippen LogP contribution in [0.15, 0.2) is 54.6 Å². The third-order valence-electron chi connectivity index (χ3n) is 3.13. The van der Waals surface area contributed by atoms with Gasteiger partial charge in [0.1, 0.15) is 5.25 Å². The molecule has 0 spiro atoms. The monoisotopic (exact) mass is 302 g/mol. The lowest BCUT2D eigenvalue weighted by molar-refractivity contribution is -0.115. The minimum atomic E-state index is -1.28. The van der Waals surface area contributed by atoms with Crippen molar-refractivity contribution in [1.82, 2.24) is 0 Å². The van der Waals surface area contributed by atoms with E-state index in [1.807, 2.05) is 30.3 Å². The normalized spacial score (nSPS) is 13.4. The van der Waals surface area contributed by atoms with E-state index in [2.05, 4.69) is 5.32 Å². The number of nitrogens with one attached hydrogen (secondary N) is 1. The molecule has 110 valence electrons. The molecular formula is C16H18N2O2S. The Hall–Kier alpha value is -2.14. The van der Waals surface area contributed by atoms with E-state index in [-0.39, 0.29) is 5.91 Å². The quantitative estimate of drug-likeness (QED) is 0.834. The van der Waals surface area contributed by atoms with Gasteiger partial charge in [0.25, 0.3) is 0 Å². The first-order valence-corrected chi connectivity index (χ1v) is 8.02. The summed E-state index contributed by atoms with van der Waals surface area (Å²) >= 11 is 0. The topological polar surface area (TPSA) is 72.2 Å². The third kappa shape index (κ3) is 4.16. The van der Waals surface area contributed by atoms with Crippen LogP contribution < -0.4 is 11.1 Å². The number of anilines is 2. The Balaban J connectivity index is 1.99. The number of nitrogen functional groups attached to an aromatic ring is 1. The molecule has 0 fully saturated rings. The predicted molar refractivity (Wildman–Crippen MR) is 87.2 cm³/mol. The van der Waals surface area contributed by atoms with Gasteiger partial charge in [-0.2, -0.15) is 0 Å². The van der Waals surface area contributed by atoms with Crippen molar-refractivity contribution in [3.8, 4) is 0 Å². The number of nitrogens with two attached hydrogens (primary N) is 1. The van der Waals surface area contributed by atoms with Crippen LogP contribution in [0.1, 0.15) is 12.5 Å². The first-order chi connectivity index (χ1) is 10.1. The lowest BCUT2D eigenvalue weighted by Gasteiger charge is -2.13. The van der Waals surface area contributed by atoms with Crippen molar-refractivity contribution in [3.63, 3.8) is 0 Å². The molecule has 0 radical (unpaired) electrons. The fourth-order valence-electron chi connectivity index (χ4n) is 1.83. The molecule has 2 unspecified atom stereocenters. The van der Waals surface area contributed by atoms with E-state index < -0.39 is 16.0 Å². The molecule has 2 rings (SSSR count). The summed E-state index contributed by atoms with van der Waals surface area (Å²) < 4.78 is 12.2. The zero-order valence-electron chi connectivity index (χ0n) is 11.8. The van der Waals surface area contributed by atoms with Gasteiger partial charge in [-0.25, -0.2) is 0 Å². The summed E-state index contributed by atoms with van der Waals surface area (Å²) in [7, 11) is -1.28. The van der Waals surface area contributed by atoms with Gasteiger partial charge in [-0.05, 0) is 24.6 Å². The summed E-state index contributed by atoms with van der Waals surface area (Å²) in [5, 5.41) is 2.11. The third-order valence-corrected chi connectivity index (χ3v) is 4.75. The number of para-hydroxylation sites is 2. The molecule has 0 bridgehead atoms. The highest BCUT2D eigenvalue weighted by atomic mass is 32.2. The number of carbonyl (C=O) groups is 1. The number of hydrogen-bond acceptors (Lipinski definition) is 3. The molecule has 2 aromatic rings. The molecule has 2 aromatic carbocycles. The maximum Gasteiger partial charge on any atom is 0.239 e. The Morgan fingerprint density at radius 3 is 2.43 bits per heavy atom. The van der Waals surface area contributed by atoms with Crippen molar-refractivity contribution in [2.24, 2.45) is 0 Å². The van der Waals surface area contributed by atoms with Crippen LogP contribution in [0.5, 0.6) is 0 Å². The van der Waals surface area contributed by atoms with E-state index in [4.69, 9.17) is 5.73 Å². The van der Waals surface area contributed by atoms with E-state index >= 15 is 0 Å². The number of benzene rings is 2. The largest absolute Gasteiger partial charge is 0.397 e. The van der Waals surface area contributed by atoms with Crippen molar-refractivity contribution < 1.29 is 9.00 Å². The van der Waals surface area contributed by atoms with Crippen LogP contribution in [-0.2, 0) is 21.3 Å². The van der Waals surface area contributed by atoms with Crippen molar-refractivity contribution in [2.75, 3.05) is 11.1 Å².